The van der Waals surface area contributed by atoms with Crippen LogP contribution in [0.25, 0.3) is 11.0 Å². The van der Waals surface area contributed by atoms with E-state index >= 15 is 4.39 Å². The minimum atomic E-state index is -0.995. The molecule has 1 amide bonds. The lowest BCUT2D eigenvalue weighted by Gasteiger charge is -2.27. The van der Waals surface area contributed by atoms with Crippen molar-refractivity contribution in [1.29, 1.82) is 0 Å². The highest BCUT2D eigenvalue weighted by Crippen LogP contribution is 2.29. The summed E-state index contributed by atoms with van der Waals surface area (Å²) in [5.74, 6) is -2.36. The van der Waals surface area contributed by atoms with E-state index in [2.05, 4.69) is 15.3 Å². The number of aromatic nitrogens is 2. The van der Waals surface area contributed by atoms with E-state index in [0.29, 0.717) is 43.2 Å². The van der Waals surface area contributed by atoms with Gasteiger partial charge in [0.2, 0.25) is 0 Å². The Morgan fingerprint density at radius 2 is 1.78 bits per heavy atom. The zero-order valence-corrected chi connectivity index (χ0v) is 19.6. The third kappa shape index (κ3) is 4.75. The number of carbonyl (C=O) groups excluding carboxylic acids is 2. The van der Waals surface area contributed by atoms with Gasteiger partial charge in [0.15, 0.2) is 11.6 Å². The first kappa shape index (κ1) is 23.8. The van der Waals surface area contributed by atoms with E-state index in [4.69, 9.17) is 16.3 Å². The topological polar surface area (TPSA) is 84.4 Å². The van der Waals surface area contributed by atoms with E-state index < -0.39 is 28.9 Å². The molecule has 4 aromatic rings. The molecular formula is C26H19ClF2N4O3. The Kier molecular flexibility index (Phi) is 6.58. The molecular weight excluding hydrogens is 490 g/mol. The summed E-state index contributed by atoms with van der Waals surface area (Å²) in [6.07, 6.45) is 1.66. The second-order valence-corrected chi connectivity index (χ2v) is 8.52. The fourth-order valence-corrected chi connectivity index (χ4v) is 4.15. The van der Waals surface area contributed by atoms with Gasteiger partial charge < -0.3 is 15.0 Å². The van der Waals surface area contributed by atoms with E-state index in [-0.39, 0.29) is 21.8 Å². The summed E-state index contributed by atoms with van der Waals surface area (Å²) in [6, 6.07) is 12.2. The minimum absolute atomic E-state index is 0.00130. The van der Waals surface area contributed by atoms with Gasteiger partial charge in [-0.25, -0.2) is 13.8 Å². The summed E-state index contributed by atoms with van der Waals surface area (Å²) in [6.45, 7) is 2.52. The van der Waals surface area contributed by atoms with Crippen molar-refractivity contribution in [3.63, 3.8) is 0 Å². The number of nitrogens with zero attached hydrogens (tertiary/aromatic N) is 3. The van der Waals surface area contributed by atoms with Crippen molar-refractivity contribution >= 4 is 45.8 Å². The fraction of sp³-hybridized carbons (Fsp3) is 0.154. The van der Waals surface area contributed by atoms with Crippen molar-refractivity contribution in [2.45, 2.75) is 0 Å². The van der Waals surface area contributed by atoms with Crippen LogP contribution >= 0.6 is 11.6 Å². The first-order chi connectivity index (χ1) is 17.4. The molecule has 182 valence electrons. The third-order valence-electron chi connectivity index (χ3n) is 5.78. The zero-order chi connectivity index (χ0) is 25.2. The van der Waals surface area contributed by atoms with Gasteiger partial charge in [-0.3, -0.25) is 14.6 Å². The summed E-state index contributed by atoms with van der Waals surface area (Å²) in [4.78, 5) is 36.9. The number of ether oxygens (including phenoxy) is 1. The normalized spacial score (nSPS) is 13.6. The largest absolute Gasteiger partial charge is 0.378 e. The lowest BCUT2D eigenvalue weighted by Crippen LogP contribution is -2.36. The van der Waals surface area contributed by atoms with Crippen LogP contribution in [0.5, 0.6) is 0 Å². The van der Waals surface area contributed by atoms with Crippen LogP contribution in [0.15, 0.2) is 60.8 Å². The molecule has 1 N–H and O–H groups in total. The van der Waals surface area contributed by atoms with Crippen LogP contribution in [-0.4, -0.2) is 48.0 Å². The van der Waals surface area contributed by atoms with E-state index in [0.717, 1.165) is 6.07 Å². The molecule has 0 bridgehead atoms. The van der Waals surface area contributed by atoms with Crippen molar-refractivity contribution in [2.75, 3.05) is 36.5 Å². The van der Waals surface area contributed by atoms with E-state index in [1.165, 1.54) is 42.5 Å². The van der Waals surface area contributed by atoms with Gasteiger partial charge in [0, 0.05) is 24.2 Å². The Morgan fingerprint density at radius 1 is 0.972 bits per heavy atom. The van der Waals surface area contributed by atoms with Crippen LogP contribution in [0.4, 0.5) is 20.3 Å². The maximum atomic E-state index is 15.4. The molecule has 1 saturated heterocycles. The molecule has 0 radical (unpaired) electrons. The zero-order valence-electron chi connectivity index (χ0n) is 18.8. The number of hydrogen-bond donors (Lipinski definition) is 1. The smallest absolute Gasteiger partial charge is 0.255 e. The Balaban J connectivity index is 1.46. The Hall–Kier alpha value is -3.95. The molecule has 0 atom stereocenters. The number of ketones is 1. The van der Waals surface area contributed by atoms with E-state index in [1.54, 1.807) is 12.3 Å². The van der Waals surface area contributed by atoms with Crippen LogP contribution in [0.3, 0.4) is 0 Å². The van der Waals surface area contributed by atoms with Gasteiger partial charge in [0.25, 0.3) is 5.91 Å². The van der Waals surface area contributed by atoms with Crippen molar-refractivity contribution in [2.24, 2.45) is 0 Å². The number of hydrogen-bond acceptors (Lipinski definition) is 6. The fourth-order valence-electron chi connectivity index (χ4n) is 3.91. The number of amides is 1. The number of anilines is 2. The highest BCUT2D eigenvalue weighted by molar-refractivity contribution is 6.35. The van der Waals surface area contributed by atoms with Gasteiger partial charge >= 0.3 is 0 Å². The molecule has 1 aliphatic heterocycles. The number of benzene rings is 3. The molecule has 1 aromatic heterocycles. The molecule has 7 nitrogen and oxygen atoms in total. The monoisotopic (exact) mass is 508 g/mol. The predicted octanol–water partition coefficient (Wildman–Crippen LogP) is 4.88. The van der Waals surface area contributed by atoms with Gasteiger partial charge in [-0.2, -0.15) is 0 Å². The molecule has 0 saturated carbocycles. The molecule has 3 aromatic carbocycles. The van der Waals surface area contributed by atoms with Crippen LogP contribution < -0.4 is 10.2 Å². The van der Waals surface area contributed by atoms with Crippen LogP contribution in [0, 0.1) is 11.6 Å². The third-order valence-corrected chi connectivity index (χ3v) is 6.09. The first-order valence-corrected chi connectivity index (χ1v) is 11.5. The van der Waals surface area contributed by atoms with Crippen molar-refractivity contribution < 1.29 is 23.1 Å². The second kappa shape index (κ2) is 9.96. The molecule has 1 fully saturated rings. The maximum Gasteiger partial charge on any atom is 0.255 e. The number of nitrogens with one attached hydrogen (secondary N) is 1. The summed E-state index contributed by atoms with van der Waals surface area (Å²) >= 11 is 6.20. The molecule has 10 heteroatoms. The van der Waals surface area contributed by atoms with Gasteiger partial charge in [-0.1, -0.05) is 17.7 Å². The van der Waals surface area contributed by atoms with Crippen molar-refractivity contribution in [3.8, 4) is 0 Å². The summed E-state index contributed by atoms with van der Waals surface area (Å²) in [5.41, 5.74) is 0.549. The van der Waals surface area contributed by atoms with Gasteiger partial charge in [-0.15, -0.1) is 0 Å². The molecule has 36 heavy (non-hydrogen) atoms. The lowest BCUT2D eigenvalue weighted by molar-refractivity contribution is 0.101. The predicted molar refractivity (Wildman–Crippen MR) is 132 cm³/mol. The number of carbonyl (C=O) groups is 2. The number of morpholine rings is 1. The molecule has 0 unspecified atom stereocenters. The SMILES string of the molecule is O=C(Nc1ccc(Cl)c(C(=O)c2ccc3ncc(N4CCOCC4)nc3c2)c1F)c1cccc(F)c1. The lowest BCUT2D eigenvalue weighted by atomic mass is 10.0. The number of fused-ring (bicyclic) bond motifs is 1. The highest BCUT2D eigenvalue weighted by Gasteiger charge is 2.23. The van der Waals surface area contributed by atoms with Crippen molar-refractivity contribution in [3.05, 3.63) is 94.1 Å². The van der Waals surface area contributed by atoms with Crippen LogP contribution in [0.2, 0.25) is 5.02 Å². The van der Waals surface area contributed by atoms with Crippen molar-refractivity contribution in [1.82, 2.24) is 9.97 Å². The first-order valence-electron chi connectivity index (χ1n) is 11.1. The van der Waals surface area contributed by atoms with Gasteiger partial charge in [0.05, 0.1) is 46.7 Å². The maximum absolute atomic E-state index is 15.4. The van der Waals surface area contributed by atoms with Gasteiger partial charge in [-0.05, 0) is 48.5 Å². The molecule has 2 heterocycles. The Morgan fingerprint density at radius 3 is 2.56 bits per heavy atom. The summed E-state index contributed by atoms with van der Waals surface area (Å²) < 4.78 is 34.2. The van der Waals surface area contributed by atoms with Crippen LogP contribution in [-0.2, 0) is 4.74 Å². The van der Waals surface area contributed by atoms with E-state index in [9.17, 15) is 14.0 Å². The minimum Gasteiger partial charge on any atom is -0.378 e. The average molecular weight is 509 g/mol. The van der Waals surface area contributed by atoms with Crippen LogP contribution in [0.1, 0.15) is 26.3 Å². The molecule has 0 spiro atoms. The average Bonchev–Trinajstić information content (AvgIpc) is 2.90. The highest BCUT2D eigenvalue weighted by atomic mass is 35.5. The standard InChI is InChI=1S/C26H19ClF2N4O3/c27-18-5-7-20(32-26(35)16-2-1-3-17(28)12-16)24(29)23(18)25(34)15-4-6-19-21(13-15)31-22(14-30-19)33-8-10-36-11-9-33/h1-7,12-14H,8-11H2,(H,32,35). The molecule has 0 aliphatic carbocycles. The van der Waals surface area contributed by atoms with E-state index in [1.807, 2.05) is 4.90 Å². The molecule has 5 rings (SSSR count). The number of halogens is 3. The Bertz CT molecular complexity index is 1490. The second-order valence-electron chi connectivity index (χ2n) is 8.11. The Labute approximate surface area is 209 Å². The number of rotatable bonds is 5. The summed E-state index contributed by atoms with van der Waals surface area (Å²) in [5, 5.41) is 2.26. The molecule has 1 aliphatic rings. The quantitative estimate of drug-likeness (QED) is 0.387. The van der Waals surface area contributed by atoms with Gasteiger partial charge in [0.1, 0.15) is 11.6 Å². The summed E-state index contributed by atoms with van der Waals surface area (Å²) in [7, 11) is 0.